The molecule has 0 fully saturated rings. The van der Waals surface area contributed by atoms with E-state index in [4.69, 9.17) is 4.74 Å². The van der Waals surface area contributed by atoms with Crippen molar-refractivity contribution >= 4 is 29.0 Å². The number of anilines is 3. The third-order valence-electron chi connectivity index (χ3n) is 3.60. The molecule has 1 aromatic heterocycles. The van der Waals surface area contributed by atoms with Crippen LogP contribution in [0.3, 0.4) is 0 Å². The predicted octanol–water partition coefficient (Wildman–Crippen LogP) is 5.02. The highest BCUT2D eigenvalue weighted by Crippen LogP contribution is 2.50. The molecular weight excluding hydrogens is 292 g/mol. The van der Waals surface area contributed by atoms with Gasteiger partial charge in [-0.1, -0.05) is 30.0 Å². The Morgan fingerprint density at radius 3 is 2.73 bits per heavy atom. The molecule has 0 saturated carbocycles. The third-order valence-corrected chi connectivity index (χ3v) is 4.70. The molecule has 0 unspecified atom stereocenters. The third kappa shape index (κ3) is 2.12. The van der Waals surface area contributed by atoms with E-state index in [1.54, 1.807) is 18.9 Å². The Hall–Kier alpha value is -2.46. The maximum absolute atomic E-state index is 5.37. The lowest BCUT2D eigenvalue weighted by Crippen LogP contribution is -2.16. The van der Waals surface area contributed by atoms with Crippen LogP contribution in [0.15, 0.2) is 76.7 Å². The first-order valence-electron chi connectivity index (χ1n) is 7.03. The fourth-order valence-corrected chi connectivity index (χ4v) is 3.63. The first-order valence-corrected chi connectivity index (χ1v) is 7.84. The highest BCUT2D eigenvalue weighted by molar-refractivity contribution is 7.99. The van der Waals surface area contributed by atoms with Gasteiger partial charge in [0.15, 0.2) is 5.82 Å². The van der Waals surface area contributed by atoms with Crippen LogP contribution in [-0.2, 0) is 0 Å². The number of para-hydroxylation sites is 1. The van der Waals surface area contributed by atoms with Gasteiger partial charge < -0.3 is 4.74 Å². The van der Waals surface area contributed by atoms with E-state index in [9.17, 15) is 0 Å². The molecule has 1 aliphatic rings. The molecule has 0 saturated heterocycles. The Labute approximate surface area is 133 Å². The van der Waals surface area contributed by atoms with E-state index in [2.05, 4.69) is 46.3 Å². The van der Waals surface area contributed by atoms with Gasteiger partial charge in [-0.15, -0.1) is 0 Å². The summed E-state index contributed by atoms with van der Waals surface area (Å²) in [6.07, 6.45) is 1.83. The summed E-state index contributed by atoms with van der Waals surface area (Å²) >= 11 is 1.76. The molecule has 0 bridgehead atoms. The summed E-state index contributed by atoms with van der Waals surface area (Å²) in [4.78, 5) is 9.16. The molecule has 2 heterocycles. The zero-order chi connectivity index (χ0) is 14.9. The second kappa shape index (κ2) is 5.39. The van der Waals surface area contributed by atoms with Gasteiger partial charge in [-0.05, 0) is 36.4 Å². The summed E-state index contributed by atoms with van der Waals surface area (Å²) in [6, 6.07) is 20.5. The van der Waals surface area contributed by atoms with Crippen LogP contribution in [0.1, 0.15) is 0 Å². The van der Waals surface area contributed by atoms with Crippen LogP contribution in [0.25, 0.3) is 0 Å². The van der Waals surface area contributed by atoms with E-state index >= 15 is 0 Å². The average molecular weight is 306 g/mol. The van der Waals surface area contributed by atoms with E-state index in [0.29, 0.717) is 0 Å². The number of benzene rings is 2. The van der Waals surface area contributed by atoms with Crippen molar-refractivity contribution < 1.29 is 4.74 Å². The topological polar surface area (TPSA) is 25.4 Å². The lowest BCUT2D eigenvalue weighted by Gasteiger charge is -2.31. The lowest BCUT2D eigenvalue weighted by atomic mass is 10.2. The minimum Gasteiger partial charge on any atom is -0.497 e. The molecule has 0 N–H and O–H groups in total. The van der Waals surface area contributed by atoms with Gasteiger partial charge in [0.1, 0.15) is 5.75 Å². The molecule has 2 aromatic carbocycles. The van der Waals surface area contributed by atoms with Gasteiger partial charge in [-0.25, -0.2) is 4.98 Å². The van der Waals surface area contributed by atoms with Crippen LogP contribution in [-0.4, -0.2) is 12.1 Å². The smallest absolute Gasteiger partial charge is 0.151 e. The van der Waals surface area contributed by atoms with Crippen molar-refractivity contribution in [2.75, 3.05) is 12.0 Å². The molecule has 22 heavy (non-hydrogen) atoms. The first kappa shape index (κ1) is 13.2. The fraction of sp³-hybridized carbons (Fsp3) is 0.0556. The van der Waals surface area contributed by atoms with Crippen molar-refractivity contribution in [2.45, 2.75) is 9.79 Å². The van der Waals surface area contributed by atoms with E-state index < -0.39 is 0 Å². The number of hydrogen-bond donors (Lipinski definition) is 0. The van der Waals surface area contributed by atoms with Crippen LogP contribution >= 0.6 is 11.8 Å². The Morgan fingerprint density at radius 1 is 0.955 bits per heavy atom. The van der Waals surface area contributed by atoms with E-state index in [0.717, 1.165) is 27.8 Å². The summed E-state index contributed by atoms with van der Waals surface area (Å²) < 4.78 is 5.37. The molecule has 1 aliphatic heterocycles. The van der Waals surface area contributed by atoms with Crippen molar-refractivity contribution in [1.29, 1.82) is 0 Å². The van der Waals surface area contributed by atoms with Gasteiger partial charge in [-0.3, -0.25) is 4.90 Å². The highest BCUT2D eigenvalue weighted by Gasteiger charge is 2.25. The number of pyridine rings is 1. The van der Waals surface area contributed by atoms with E-state index in [-0.39, 0.29) is 0 Å². The average Bonchev–Trinajstić information content (AvgIpc) is 2.59. The zero-order valence-electron chi connectivity index (χ0n) is 12.1. The second-order valence-corrected chi connectivity index (χ2v) is 6.02. The van der Waals surface area contributed by atoms with Crippen molar-refractivity contribution in [1.82, 2.24) is 4.98 Å². The maximum Gasteiger partial charge on any atom is 0.151 e. The number of methoxy groups -OCH3 is 1. The summed E-state index contributed by atoms with van der Waals surface area (Å²) in [5, 5.41) is 0. The largest absolute Gasteiger partial charge is 0.497 e. The van der Waals surface area contributed by atoms with Gasteiger partial charge in [0.25, 0.3) is 0 Å². The molecule has 4 heteroatoms. The molecule has 0 atom stereocenters. The predicted molar refractivity (Wildman–Crippen MR) is 89.6 cm³/mol. The second-order valence-electron chi connectivity index (χ2n) is 4.93. The first-order chi connectivity index (χ1) is 10.9. The Morgan fingerprint density at radius 2 is 1.82 bits per heavy atom. The molecule has 4 rings (SSSR count). The molecule has 0 radical (unpaired) electrons. The molecule has 0 aliphatic carbocycles. The summed E-state index contributed by atoms with van der Waals surface area (Å²) in [7, 11) is 1.69. The van der Waals surface area contributed by atoms with Crippen LogP contribution in [0.2, 0.25) is 0 Å². The number of fused-ring (bicyclic) bond motifs is 2. The van der Waals surface area contributed by atoms with E-state index in [1.807, 2.05) is 30.5 Å². The number of nitrogens with zero attached hydrogens (tertiary/aromatic N) is 2. The normalized spacial score (nSPS) is 12.5. The Bertz CT molecular complexity index is 789. The minimum absolute atomic E-state index is 0.839. The summed E-state index contributed by atoms with van der Waals surface area (Å²) in [5.41, 5.74) is 2.19. The van der Waals surface area contributed by atoms with Crippen molar-refractivity contribution in [3.8, 4) is 5.75 Å². The van der Waals surface area contributed by atoms with Gasteiger partial charge >= 0.3 is 0 Å². The van der Waals surface area contributed by atoms with Gasteiger partial charge in [0, 0.05) is 17.2 Å². The number of aromatic nitrogens is 1. The van der Waals surface area contributed by atoms with Crippen molar-refractivity contribution in [2.24, 2.45) is 0 Å². The number of ether oxygens (including phenoxy) is 1. The zero-order valence-corrected chi connectivity index (χ0v) is 12.9. The van der Waals surface area contributed by atoms with Crippen LogP contribution < -0.4 is 9.64 Å². The number of hydrogen-bond acceptors (Lipinski definition) is 4. The van der Waals surface area contributed by atoms with Gasteiger partial charge in [-0.2, -0.15) is 0 Å². The fourth-order valence-electron chi connectivity index (χ4n) is 2.60. The van der Waals surface area contributed by atoms with Crippen molar-refractivity contribution in [3.63, 3.8) is 0 Å². The molecule has 3 aromatic rings. The van der Waals surface area contributed by atoms with Crippen LogP contribution in [0.5, 0.6) is 5.75 Å². The molecule has 3 nitrogen and oxygen atoms in total. The van der Waals surface area contributed by atoms with Crippen molar-refractivity contribution in [3.05, 3.63) is 66.9 Å². The van der Waals surface area contributed by atoms with Crippen LogP contribution in [0, 0.1) is 0 Å². The SMILES string of the molecule is COc1cccc(N2c3ccccc3Sc3cccnc32)c1. The van der Waals surface area contributed by atoms with Crippen LogP contribution in [0.4, 0.5) is 17.2 Å². The molecular formula is C18H14N2OS. The van der Waals surface area contributed by atoms with Gasteiger partial charge in [0.2, 0.25) is 0 Å². The molecule has 0 spiro atoms. The van der Waals surface area contributed by atoms with E-state index in [1.165, 1.54) is 4.90 Å². The quantitative estimate of drug-likeness (QED) is 0.519. The minimum atomic E-state index is 0.839. The Balaban J connectivity index is 1.94. The molecule has 0 amide bonds. The Kier molecular flexibility index (Phi) is 3.24. The summed E-state index contributed by atoms with van der Waals surface area (Å²) in [5.74, 6) is 1.80. The van der Waals surface area contributed by atoms with Gasteiger partial charge in [0.05, 0.1) is 23.4 Å². The maximum atomic E-state index is 5.37. The highest BCUT2D eigenvalue weighted by atomic mass is 32.2. The number of rotatable bonds is 2. The lowest BCUT2D eigenvalue weighted by molar-refractivity contribution is 0.415. The standard InChI is InChI=1S/C18H14N2OS/c1-21-14-7-4-6-13(12-14)20-15-8-2-3-9-16(15)22-17-10-5-11-19-18(17)20/h2-12H,1H3. The monoisotopic (exact) mass is 306 g/mol. The molecule has 108 valence electrons. The summed E-state index contributed by atoms with van der Waals surface area (Å²) in [6.45, 7) is 0.